The lowest BCUT2D eigenvalue weighted by Gasteiger charge is -2.32. The summed E-state index contributed by atoms with van der Waals surface area (Å²) in [6.45, 7) is 1.09. The van der Waals surface area contributed by atoms with E-state index < -0.39 is 22.4 Å². The van der Waals surface area contributed by atoms with Gasteiger partial charge in [0.15, 0.2) is 0 Å². The van der Waals surface area contributed by atoms with Gasteiger partial charge in [-0.15, -0.1) is 0 Å². The highest BCUT2D eigenvalue weighted by Gasteiger charge is 2.31. The summed E-state index contributed by atoms with van der Waals surface area (Å²) in [4.78, 5) is 0.182. The third-order valence-electron chi connectivity index (χ3n) is 5.17. The van der Waals surface area contributed by atoms with Crippen molar-refractivity contribution in [3.8, 4) is 0 Å². The minimum absolute atomic E-state index is 0.182. The van der Waals surface area contributed by atoms with Gasteiger partial charge in [0.25, 0.3) is 0 Å². The van der Waals surface area contributed by atoms with E-state index in [1.807, 2.05) is 66.7 Å². The Morgan fingerprint density at radius 3 is 1.97 bits per heavy atom. The summed E-state index contributed by atoms with van der Waals surface area (Å²) >= 11 is 0. The molecule has 3 atom stereocenters. The Kier molecular flexibility index (Phi) is 8.04. The van der Waals surface area contributed by atoms with E-state index in [1.165, 1.54) is 0 Å². The molecule has 1 aliphatic rings. The normalized spacial score (nSPS) is 20.5. The molecule has 4 rings (SSSR count). The molecule has 1 N–H and O–H groups in total. The van der Waals surface area contributed by atoms with Crippen LogP contribution in [-0.4, -0.2) is 33.5 Å². The van der Waals surface area contributed by atoms with E-state index in [4.69, 9.17) is 14.2 Å². The summed E-state index contributed by atoms with van der Waals surface area (Å²) in [5, 5.41) is 0. The first-order valence-electron chi connectivity index (χ1n) is 10.8. The second kappa shape index (κ2) is 11.4. The second-order valence-electron chi connectivity index (χ2n) is 7.68. The molecule has 172 valence electrons. The van der Waals surface area contributed by atoms with Crippen LogP contribution in [0.1, 0.15) is 11.1 Å². The number of benzene rings is 3. The number of hydrogen-bond acceptors (Lipinski definition) is 5. The zero-order chi connectivity index (χ0) is 22.9. The van der Waals surface area contributed by atoms with Gasteiger partial charge in [-0.3, -0.25) is 0 Å². The van der Waals surface area contributed by atoms with Crippen LogP contribution in [0.5, 0.6) is 0 Å². The minimum Gasteiger partial charge on any atom is -0.374 e. The lowest BCUT2D eigenvalue weighted by molar-refractivity contribution is -0.120. The first-order chi connectivity index (χ1) is 16.1. The Bertz CT molecular complexity index is 1120. The first kappa shape index (κ1) is 23.4. The molecule has 0 unspecified atom stereocenters. The molecule has 0 saturated heterocycles. The number of ether oxygens (including phenoxy) is 3. The van der Waals surface area contributed by atoms with Crippen LogP contribution in [0.15, 0.2) is 108 Å². The molecule has 0 aromatic heterocycles. The van der Waals surface area contributed by atoms with Crippen LogP contribution in [0.4, 0.5) is 0 Å². The maximum Gasteiger partial charge on any atom is 0.242 e. The Hall–Kier alpha value is -2.81. The van der Waals surface area contributed by atoms with Gasteiger partial charge in [0, 0.05) is 0 Å². The molecule has 0 fully saturated rings. The van der Waals surface area contributed by atoms with Crippen molar-refractivity contribution in [3.05, 3.63) is 114 Å². The fourth-order valence-electron chi connectivity index (χ4n) is 3.46. The van der Waals surface area contributed by atoms with E-state index in [0.29, 0.717) is 13.2 Å². The number of nitrogens with one attached hydrogen (secondary N) is 1. The Balaban J connectivity index is 1.42. The molecule has 3 aromatic rings. The van der Waals surface area contributed by atoms with Gasteiger partial charge < -0.3 is 14.2 Å². The Morgan fingerprint density at radius 1 is 0.758 bits per heavy atom. The summed E-state index contributed by atoms with van der Waals surface area (Å²) in [5.41, 5.74) is 2.09. The molecule has 1 heterocycles. The molecule has 0 saturated carbocycles. The van der Waals surface area contributed by atoms with Crippen molar-refractivity contribution in [2.45, 2.75) is 36.5 Å². The van der Waals surface area contributed by atoms with Gasteiger partial charge in [-0.25, -0.2) is 8.42 Å². The van der Waals surface area contributed by atoms with Crippen LogP contribution in [0.2, 0.25) is 0 Å². The summed E-state index contributed by atoms with van der Waals surface area (Å²) < 4.78 is 46.0. The fraction of sp³-hybridized carbons (Fsp3) is 0.231. The summed E-state index contributed by atoms with van der Waals surface area (Å²) in [5.74, 6) is 0. The van der Waals surface area contributed by atoms with Crippen molar-refractivity contribution in [1.82, 2.24) is 4.72 Å². The molecule has 33 heavy (non-hydrogen) atoms. The predicted molar refractivity (Wildman–Crippen MR) is 126 cm³/mol. The van der Waals surface area contributed by atoms with E-state index in [-0.39, 0.29) is 17.6 Å². The molecular weight excluding hydrogens is 438 g/mol. The lowest BCUT2D eigenvalue weighted by Crippen LogP contribution is -2.46. The molecule has 0 spiro atoms. The third kappa shape index (κ3) is 6.83. The topological polar surface area (TPSA) is 73.9 Å². The van der Waals surface area contributed by atoms with Crippen LogP contribution >= 0.6 is 0 Å². The molecule has 1 aliphatic heterocycles. The van der Waals surface area contributed by atoms with Crippen LogP contribution in [-0.2, 0) is 37.4 Å². The zero-order valence-electron chi connectivity index (χ0n) is 18.1. The van der Waals surface area contributed by atoms with Gasteiger partial charge in [-0.2, -0.15) is 4.72 Å². The zero-order valence-corrected chi connectivity index (χ0v) is 18.9. The number of hydrogen-bond donors (Lipinski definition) is 1. The van der Waals surface area contributed by atoms with Gasteiger partial charge in [0.1, 0.15) is 18.4 Å². The van der Waals surface area contributed by atoms with Crippen molar-refractivity contribution in [2.24, 2.45) is 0 Å². The van der Waals surface area contributed by atoms with Crippen LogP contribution in [0.3, 0.4) is 0 Å². The smallest absolute Gasteiger partial charge is 0.242 e. The maximum atomic E-state index is 12.7. The van der Waals surface area contributed by atoms with Gasteiger partial charge in [0.2, 0.25) is 10.0 Å². The largest absolute Gasteiger partial charge is 0.374 e. The monoisotopic (exact) mass is 465 g/mol. The number of sulfonamides is 1. The van der Waals surface area contributed by atoms with Crippen molar-refractivity contribution in [3.63, 3.8) is 0 Å². The first-order valence-corrected chi connectivity index (χ1v) is 12.3. The maximum absolute atomic E-state index is 12.7. The highest BCUT2D eigenvalue weighted by Crippen LogP contribution is 2.20. The van der Waals surface area contributed by atoms with Gasteiger partial charge >= 0.3 is 0 Å². The van der Waals surface area contributed by atoms with Crippen LogP contribution in [0.25, 0.3) is 0 Å². The lowest BCUT2D eigenvalue weighted by atomic mass is 10.1. The highest BCUT2D eigenvalue weighted by atomic mass is 32.2. The molecule has 0 amide bonds. The van der Waals surface area contributed by atoms with Gasteiger partial charge in [-0.05, 0) is 29.3 Å². The molecule has 0 radical (unpaired) electrons. The average Bonchev–Trinajstić information content (AvgIpc) is 2.85. The fourth-order valence-corrected chi connectivity index (χ4v) is 4.56. The second-order valence-corrected chi connectivity index (χ2v) is 9.39. The van der Waals surface area contributed by atoms with Crippen molar-refractivity contribution in [1.29, 1.82) is 0 Å². The van der Waals surface area contributed by atoms with Gasteiger partial charge in [-0.1, -0.05) is 84.9 Å². The van der Waals surface area contributed by atoms with Crippen molar-refractivity contribution < 1.29 is 22.6 Å². The quantitative estimate of drug-likeness (QED) is 0.458. The summed E-state index contributed by atoms with van der Waals surface area (Å²) in [6.07, 6.45) is 1.83. The molecule has 0 aliphatic carbocycles. The molecular formula is C26H27NO5S. The summed E-state index contributed by atoms with van der Waals surface area (Å²) in [7, 11) is -3.73. The Morgan fingerprint density at radius 2 is 1.33 bits per heavy atom. The Labute approximate surface area is 194 Å². The molecule has 7 heteroatoms. The van der Waals surface area contributed by atoms with E-state index in [2.05, 4.69) is 4.72 Å². The highest BCUT2D eigenvalue weighted by molar-refractivity contribution is 7.89. The molecule has 6 nitrogen and oxygen atoms in total. The standard InChI is InChI=1S/C26H27NO5S/c28-33(29,23-14-8-3-9-15-23)27-26-17-16-24(31-19-22-12-6-2-7-13-22)25(32-26)20-30-18-21-10-4-1-5-11-21/h1-17,24-27H,18-20H2/t24-,25+,26-/m0/s1. The van der Waals surface area contributed by atoms with E-state index in [0.717, 1.165) is 11.1 Å². The third-order valence-corrected chi connectivity index (χ3v) is 6.60. The van der Waals surface area contributed by atoms with Crippen molar-refractivity contribution in [2.75, 3.05) is 6.61 Å². The summed E-state index contributed by atoms with van der Waals surface area (Å²) in [6, 6.07) is 27.9. The van der Waals surface area contributed by atoms with E-state index >= 15 is 0 Å². The van der Waals surface area contributed by atoms with Crippen LogP contribution < -0.4 is 4.72 Å². The average molecular weight is 466 g/mol. The van der Waals surface area contributed by atoms with Crippen molar-refractivity contribution >= 4 is 10.0 Å². The molecule has 0 bridgehead atoms. The SMILES string of the molecule is O=S(=O)(N[C@@H]1C=C[C@H](OCc2ccccc2)[C@@H](COCc2ccccc2)O1)c1ccccc1. The van der Waals surface area contributed by atoms with Crippen LogP contribution in [0, 0.1) is 0 Å². The molecule has 3 aromatic carbocycles. The predicted octanol–water partition coefficient (Wildman–Crippen LogP) is 4.05. The van der Waals surface area contributed by atoms with Gasteiger partial charge in [0.05, 0.1) is 24.7 Å². The van der Waals surface area contributed by atoms with E-state index in [1.54, 1.807) is 36.4 Å². The number of rotatable bonds is 10. The minimum atomic E-state index is -3.73. The van der Waals surface area contributed by atoms with E-state index in [9.17, 15) is 8.42 Å².